The second kappa shape index (κ2) is 5.21. The monoisotopic (exact) mass is 164 g/mol. The van der Waals surface area contributed by atoms with Gasteiger partial charge in [-0.25, -0.2) is 0 Å². The van der Waals surface area contributed by atoms with Crippen LogP contribution >= 0.6 is 0 Å². The van der Waals surface area contributed by atoms with Crippen molar-refractivity contribution in [2.24, 2.45) is 0 Å². The molecule has 0 aliphatic heterocycles. The molecular weight excluding hydrogens is 152 g/mol. The number of hydrogen-bond acceptors (Lipinski definition) is 1. The number of aliphatic hydroxyl groups is 1. The summed E-state index contributed by atoms with van der Waals surface area (Å²) >= 11 is 0. The highest BCUT2D eigenvalue weighted by Gasteiger charge is 1.76. The van der Waals surface area contributed by atoms with Crippen molar-refractivity contribution in [2.45, 2.75) is 6.73 Å². The minimum atomic E-state index is 0.0764. The van der Waals surface area contributed by atoms with Crippen LogP contribution in [0.3, 0.4) is 0 Å². The lowest BCUT2D eigenvalue weighted by Crippen LogP contribution is -1.89. The Labute approximate surface area is 71.3 Å². The van der Waals surface area contributed by atoms with E-state index in [0.717, 1.165) is 0 Å². The van der Waals surface area contributed by atoms with Crippen LogP contribution in [0, 0.1) is 0 Å². The van der Waals surface area contributed by atoms with Crippen molar-refractivity contribution in [3.63, 3.8) is 0 Å². The number of nitrogens with one attached hydrogen (secondary N) is 1. The minimum absolute atomic E-state index is 0.0764. The molecule has 64 valence electrons. The molecule has 0 saturated heterocycles. The summed E-state index contributed by atoms with van der Waals surface area (Å²) in [6, 6.07) is 7.63. The van der Waals surface area contributed by atoms with Crippen molar-refractivity contribution >= 4 is 0 Å². The molecule has 0 bridgehead atoms. The van der Waals surface area contributed by atoms with Crippen molar-refractivity contribution < 1.29 is 5.11 Å². The summed E-state index contributed by atoms with van der Waals surface area (Å²) in [4.78, 5) is 2.86. The molecule has 3 heteroatoms. The SMILES string of the molecule is OCn1cccc1.c1cc[nH]c1. The fourth-order valence-corrected chi connectivity index (χ4v) is 0.742. The van der Waals surface area contributed by atoms with Crippen LogP contribution in [-0.4, -0.2) is 14.7 Å². The molecule has 0 aromatic carbocycles. The lowest BCUT2D eigenvalue weighted by atomic mass is 10.7. The molecule has 0 amide bonds. The molecule has 0 saturated carbocycles. The first-order chi connectivity index (χ1) is 5.93. The van der Waals surface area contributed by atoms with Crippen LogP contribution in [0.4, 0.5) is 0 Å². The maximum atomic E-state index is 8.39. The standard InChI is InChI=1S/C5H7NO.C4H5N/c7-5-6-3-1-2-4-6;1-2-4-5-3-1/h1-4,7H,5H2;1-5H. The molecular formula is C9H12N2O. The molecule has 2 heterocycles. The highest BCUT2D eigenvalue weighted by molar-refractivity contribution is 4.89. The Morgan fingerprint density at radius 3 is 1.83 bits per heavy atom. The number of aliphatic hydroxyl groups excluding tert-OH is 1. The zero-order valence-electron chi connectivity index (χ0n) is 6.72. The molecule has 0 aliphatic rings. The van der Waals surface area contributed by atoms with Crippen LogP contribution in [0.15, 0.2) is 49.1 Å². The van der Waals surface area contributed by atoms with E-state index in [0.29, 0.717) is 0 Å². The van der Waals surface area contributed by atoms with Crippen molar-refractivity contribution in [1.29, 1.82) is 0 Å². The number of nitrogens with zero attached hydrogens (tertiary/aromatic N) is 1. The average Bonchev–Trinajstić information content (AvgIpc) is 2.81. The number of hydrogen-bond donors (Lipinski definition) is 2. The van der Waals surface area contributed by atoms with E-state index < -0.39 is 0 Å². The minimum Gasteiger partial charge on any atom is -0.376 e. The highest BCUT2D eigenvalue weighted by atomic mass is 16.3. The molecule has 0 atom stereocenters. The van der Waals surface area contributed by atoms with Crippen molar-refractivity contribution in [2.75, 3.05) is 0 Å². The average molecular weight is 164 g/mol. The summed E-state index contributed by atoms with van der Waals surface area (Å²) in [5, 5.41) is 8.39. The third-order valence-electron chi connectivity index (χ3n) is 1.33. The first kappa shape index (κ1) is 8.62. The summed E-state index contributed by atoms with van der Waals surface area (Å²) in [6.07, 6.45) is 7.36. The Kier molecular flexibility index (Phi) is 3.74. The third-order valence-corrected chi connectivity index (χ3v) is 1.33. The smallest absolute Gasteiger partial charge is 0.119 e. The molecule has 0 fully saturated rings. The van der Waals surface area contributed by atoms with Crippen LogP contribution < -0.4 is 0 Å². The number of rotatable bonds is 1. The molecule has 12 heavy (non-hydrogen) atoms. The molecule has 2 rings (SSSR count). The summed E-state index contributed by atoms with van der Waals surface area (Å²) in [5.74, 6) is 0. The largest absolute Gasteiger partial charge is 0.376 e. The lowest BCUT2D eigenvalue weighted by Gasteiger charge is -1.89. The molecule has 2 aromatic heterocycles. The maximum Gasteiger partial charge on any atom is 0.119 e. The van der Waals surface area contributed by atoms with Gasteiger partial charge in [0.1, 0.15) is 6.73 Å². The molecule has 0 aliphatic carbocycles. The number of aromatic amines is 1. The zero-order valence-corrected chi connectivity index (χ0v) is 6.72. The molecule has 2 N–H and O–H groups in total. The van der Waals surface area contributed by atoms with Crippen molar-refractivity contribution in [3.8, 4) is 0 Å². The Balaban J connectivity index is 0.000000127. The zero-order chi connectivity index (χ0) is 8.65. The molecule has 0 radical (unpaired) electrons. The Hall–Kier alpha value is -1.48. The van der Waals surface area contributed by atoms with E-state index in [9.17, 15) is 0 Å². The van der Waals surface area contributed by atoms with Gasteiger partial charge in [0, 0.05) is 24.8 Å². The van der Waals surface area contributed by atoms with E-state index in [1.54, 1.807) is 17.0 Å². The second-order valence-corrected chi connectivity index (χ2v) is 2.22. The number of H-pyrrole nitrogens is 1. The Bertz CT molecular complexity index is 243. The molecule has 3 nitrogen and oxygen atoms in total. The first-order valence-electron chi connectivity index (χ1n) is 3.73. The van der Waals surface area contributed by atoms with Crippen molar-refractivity contribution in [1.82, 2.24) is 9.55 Å². The van der Waals surface area contributed by atoms with E-state index in [4.69, 9.17) is 5.11 Å². The van der Waals surface area contributed by atoms with E-state index in [1.807, 2.05) is 36.7 Å². The molecule has 0 unspecified atom stereocenters. The normalized spacial score (nSPS) is 8.75. The van der Waals surface area contributed by atoms with Gasteiger partial charge in [0.25, 0.3) is 0 Å². The summed E-state index contributed by atoms with van der Waals surface area (Å²) in [7, 11) is 0. The van der Waals surface area contributed by atoms with Gasteiger partial charge in [-0.2, -0.15) is 0 Å². The summed E-state index contributed by atoms with van der Waals surface area (Å²) in [5.41, 5.74) is 0. The molecule has 2 aromatic rings. The molecule has 0 spiro atoms. The van der Waals surface area contributed by atoms with E-state index in [1.165, 1.54) is 0 Å². The Morgan fingerprint density at radius 2 is 1.58 bits per heavy atom. The highest BCUT2D eigenvalue weighted by Crippen LogP contribution is 1.84. The van der Waals surface area contributed by atoms with Crippen LogP contribution in [0.5, 0.6) is 0 Å². The van der Waals surface area contributed by atoms with Gasteiger partial charge in [0.2, 0.25) is 0 Å². The van der Waals surface area contributed by atoms with Crippen LogP contribution in [-0.2, 0) is 6.73 Å². The van der Waals surface area contributed by atoms with E-state index in [-0.39, 0.29) is 6.73 Å². The van der Waals surface area contributed by atoms with Gasteiger partial charge in [-0.05, 0) is 24.3 Å². The van der Waals surface area contributed by atoms with Crippen LogP contribution in [0.25, 0.3) is 0 Å². The van der Waals surface area contributed by atoms with Crippen LogP contribution in [0.1, 0.15) is 0 Å². The summed E-state index contributed by atoms with van der Waals surface area (Å²) < 4.78 is 1.68. The van der Waals surface area contributed by atoms with Gasteiger partial charge in [-0.15, -0.1) is 0 Å². The predicted molar refractivity (Wildman–Crippen MR) is 47.4 cm³/mol. The third kappa shape index (κ3) is 3.07. The summed E-state index contributed by atoms with van der Waals surface area (Å²) in [6.45, 7) is 0.0764. The van der Waals surface area contributed by atoms with Gasteiger partial charge < -0.3 is 14.7 Å². The number of aromatic nitrogens is 2. The van der Waals surface area contributed by atoms with E-state index in [2.05, 4.69) is 4.98 Å². The van der Waals surface area contributed by atoms with Gasteiger partial charge >= 0.3 is 0 Å². The van der Waals surface area contributed by atoms with Gasteiger partial charge in [-0.3, -0.25) is 0 Å². The van der Waals surface area contributed by atoms with Gasteiger partial charge in [0.15, 0.2) is 0 Å². The van der Waals surface area contributed by atoms with Crippen molar-refractivity contribution in [3.05, 3.63) is 49.1 Å². The topological polar surface area (TPSA) is 41.0 Å². The fourth-order valence-electron chi connectivity index (χ4n) is 0.742. The van der Waals surface area contributed by atoms with E-state index >= 15 is 0 Å². The lowest BCUT2D eigenvalue weighted by molar-refractivity contribution is 0.211. The Morgan fingerprint density at radius 1 is 1.00 bits per heavy atom. The fraction of sp³-hybridized carbons (Fsp3) is 0.111. The quantitative estimate of drug-likeness (QED) is 0.658. The van der Waals surface area contributed by atoms with Gasteiger partial charge in [0.05, 0.1) is 0 Å². The second-order valence-electron chi connectivity index (χ2n) is 2.22. The maximum absolute atomic E-state index is 8.39. The van der Waals surface area contributed by atoms with Gasteiger partial charge in [-0.1, -0.05) is 0 Å². The predicted octanol–water partition coefficient (Wildman–Crippen LogP) is 1.45. The first-order valence-corrected chi connectivity index (χ1v) is 3.73. The van der Waals surface area contributed by atoms with Crippen LogP contribution in [0.2, 0.25) is 0 Å².